The molecule has 1 aliphatic rings. The number of rotatable bonds is 0. The Balaban J connectivity index is 0.000000307. The fourth-order valence-electron chi connectivity index (χ4n) is 3.81. The molecule has 0 fully saturated rings. The van der Waals surface area contributed by atoms with Crippen molar-refractivity contribution in [3.63, 3.8) is 0 Å². The molecule has 0 N–H and O–H groups in total. The number of fused-ring (bicyclic) bond motifs is 5. The van der Waals surface area contributed by atoms with Crippen molar-refractivity contribution in [1.29, 1.82) is 0 Å². The molecule has 148 valence electrons. The normalized spacial score (nSPS) is 12.6. The van der Waals surface area contributed by atoms with E-state index < -0.39 is 0 Å². The molecule has 4 aromatic rings. The number of halogens is 2. The summed E-state index contributed by atoms with van der Waals surface area (Å²) in [6.45, 7) is 6.67. The quantitative estimate of drug-likeness (QED) is 0.316. The average molecular weight is 502 g/mol. The summed E-state index contributed by atoms with van der Waals surface area (Å²) in [5.74, 6) is 0. The molecule has 1 aromatic heterocycles. The number of hydrogen-bond donors (Lipinski definition) is 0. The molecular weight excluding hydrogens is 476 g/mol. The van der Waals surface area contributed by atoms with Crippen molar-refractivity contribution in [2.75, 3.05) is 0 Å². The van der Waals surface area contributed by atoms with Crippen LogP contribution in [0.4, 0.5) is 0 Å². The van der Waals surface area contributed by atoms with Crippen molar-refractivity contribution in [2.45, 2.75) is 27.2 Å². The second-order valence-corrected chi connectivity index (χ2v) is 8.03. The molecular formula is C25H25Cl2NZr. The molecule has 3 aromatic carbocycles. The third-order valence-corrected chi connectivity index (χ3v) is 5.23. The minimum atomic E-state index is 0. The van der Waals surface area contributed by atoms with Gasteiger partial charge in [-0.15, -0.1) is 23.9 Å². The second-order valence-electron chi connectivity index (χ2n) is 8.03. The van der Waals surface area contributed by atoms with Crippen LogP contribution in [0.5, 0.6) is 0 Å². The summed E-state index contributed by atoms with van der Waals surface area (Å²) in [5, 5.41) is 5.39. The number of nitrogens with zero attached hydrogens (tertiary/aromatic N) is 1. The van der Waals surface area contributed by atoms with Crippen molar-refractivity contribution in [1.82, 2.24) is 4.57 Å². The van der Waals surface area contributed by atoms with E-state index in [0.717, 1.165) is 6.42 Å². The first-order valence-electron chi connectivity index (χ1n) is 9.25. The van der Waals surface area contributed by atoms with Crippen molar-refractivity contribution < 1.29 is 51.0 Å². The second kappa shape index (κ2) is 10.2. The summed E-state index contributed by atoms with van der Waals surface area (Å²) < 4.78 is 2.30. The topological polar surface area (TPSA) is 4.93 Å². The third-order valence-electron chi connectivity index (χ3n) is 5.23. The van der Waals surface area contributed by atoms with E-state index in [2.05, 4.69) is 105 Å². The van der Waals surface area contributed by atoms with Gasteiger partial charge in [0.05, 0.1) is 0 Å². The van der Waals surface area contributed by atoms with E-state index in [1.807, 2.05) is 0 Å². The van der Waals surface area contributed by atoms with Crippen LogP contribution in [-0.4, -0.2) is 4.57 Å². The fraction of sp³-hybridized carbons (Fsp3) is 0.240. The molecule has 4 heteroatoms. The number of allylic oxidation sites excluding steroid dienone is 4. The van der Waals surface area contributed by atoms with Crippen LogP contribution < -0.4 is 24.8 Å². The first-order chi connectivity index (χ1) is 12.5. The van der Waals surface area contributed by atoms with Gasteiger partial charge in [-0.25, -0.2) is 6.08 Å². The van der Waals surface area contributed by atoms with E-state index in [1.54, 1.807) is 0 Å². The zero-order valence-corrected chi connectivity index (χ0v) is 21.2. The van der Waals surface area contributed by atoms with Crippen molar-refractivity contribution >= 4 is 32.6 Å². The zero-order chi connectivity index (χ0) is 18.3. The van der Waals surface area contributed by atoms with E-state index in [9.17, 15) is 0 Å². The number of benzene rings is 2. The SMILES string of the molecule is CC(C)(C)C1=CC[C-]=C1.Cn1c2ccccc2c2[cH-]c3ccccc3c21.[Cl-].[Cl-].[Zr+4]. The molecule has 0 amide bonds. The van der Waals surface area contributed by atoms with Crippen LogP contribution in [-0.2, 0) is 33.3 Å². The molecule has 1 heterocycles. The maximum Gasteiger partial charge on any atom is 4.00 e. The number of aromatic nitrogens is 1. The predicted octanol–water partition coefficient (Wildman–Crippen LogP) is 0.931. The van der Waals surface area contributed by atoms with Gasteiger partial charge in [0.15, 0.2) is 0 Å². The minimum absolute atomic E-state index is 0. The van der Waals surface area contributed by atoms with Gasteiger partial charge in [-0.3, -0.25) is 6.08 Å². The molecule has 0 bridgehead atoms. The van der Waals surface area contributed by atoms with E-state index in [4.69, 9.17) is 0 Å². The molecule has 0 radical (unpaired) electrons. The number of para-hydroxylation sites is 1. The van der Waals surface area contributed by atoms with Crippen LogP contribution in [0, 0.1) is 11.5 Å². The first-order valence-corrected chi connectivity index (χ1v) is 9.25. The van der Waals surface area contributed by atoms with Gasteiger partial charge >= 0.3 is 26.2 Å². The maximum atomic E-state index is 3.16. The molecule has 1 aliphatic carbocycles. The summed E-state index contributed by atoms with van der Waals surface area (Å²) >= 11 is 0. The fourth-order valence-corrected chi connectivity index (χ4v) is 3.81. The van der Waals surface area contributed by atoms with Crippen molar-refractivity contribution in [2.24, 2.45) is 12.5 Å². The van der Waals surface area contributed by atoms with Crippen molar-refractivity contribution in [3.8, 4) is 0 Å². The van der Waals surface area contributed by atoms with Gasteiger partial charge in [0.2, 0.25) is 0 Å². The molecule has 0 spiro atoms. The van der Waals surface area contributed by atoms with Gasteiger partial charge in [0.25, 0.3) is 0 Å². The number of aryl methyl sites for hydroxylation is 1. The Bertz CT molecular complexity index is 1150. The molecule has 1 nitrogen and oxygen atoms in total. The zero-order valence-electron chi connectivity index (χ0n) is 17.3. The Morgan fingerprint density at radius 2 is 1.55 bits per heavy atom. The predicted molar refractivity (Wildman–Crippen MR) is 113 cm³/mol. The Labute approximate surface area is 205 Å². The third kappa shape index (κ3) is 4.93. The monoisotopic (exact) mass is 499 g/mol. The summed E-state index contributed by atoms with van der Waals surface area (Å²) in [4.78, 5) is 0. The summed E-state index contributed by atoms with van der Waals surface area (Å²) in [6, 6.07) is 19.5. The van der Waals surface area contributed by atoms with E-state index in [-0.39, 0.29) is 51.0 Å². The largest absolute Gasteiger partial charge is 4.00 e. The van der Waals surface area contributed by atoms with Crippen LogP contribution in [0.25, 0.3) is 32.6 Å². The molecule has 0 saturated carbocycles. The van der Waals surface area contributed by atoms with Crippen LogP contribution in [0.2, 0.25) is 0 Å². The van der Waals surface area contributed by atoms with E-state index in [0.29, 0.717) is 5.41 Å². The van der Waals surface area contributed by atoms with Gasteiger partial charge in [0.1, 0.15) is 0 Å². The first kappa shape index (κ1) is 25.8. The molecule has 5 rings (SSSR count). The van der Waals surface area contributed by atoms with E-state index >= 15 is 0 Å². The molecule has 0 unspecified atom stereocenters. The Kier molecular flexibility index (Phi) is 9.09. The Hall–Kier alpha value is -1.21. The van der Waals surface area contributed by atoms with Crippen LogP contribution in [0.15, 0.2) is 72.3 Å². The van der Waals surface area contributed by atoms with Gasteiger partial charge in [-0.1, -0.05) is 78.7 Å². The average Bonchev–Trinajstić information content (AvgIpc) is 3.33. The minimum Gasteiger partial charge on any atom is -1.00 e. The van der Waals surface area contributed by atoms with Gasteiger partial charge in [-0.05, 0) is 11.6 Å². The summed E-state index contributed by atoms with van der Waals surface area (Å²) in [6.07, 6.45) is 8.50. The van der Waals surface area contributed by atoms with Crippen LogP contribution in [0.3, 0.4) is 0 Å². The number of hydrogen-bond acceptors (Lipinski definition) is 0. The summed E-state index contributed by atoms with van der Waals surface area (Å²) in [5.41, 5.74) is 4.40. The van der Waals surface area contributed by atoms with Gasteiger partial charge in [-0.2, -0.15) is 11.6 Å². The van der Waals surface area contributed by atoms with Crippen LogP contribution in [0.1, 0.15) is 27.2 Å². The Morgan fingerprint density at radius 3 is 2.14 bits per heavy atom. The maximum absolute atomic E-state index is 3.16. The molecule has 29 heavy (non-hydrogen) atoms. The molecule has 0 saturated heterocycles. The van der Waals surface area contributed by atoms with E-state index in [1.165, 1.54) is 38.2 Å². The smallest absolute Gasteiger partial charge is 1.00 e. The summed E-state index contributed by atoms with van der Waals surface area (Å²) in [7, 11) is 2.15. The molecule has 0 aliphatic heterocycles. The van der Waals surface area contributed by atoms with Crippen LogP contribution >= 0.6 is 0 Å². The Morgan fingerprint density at radius 1 is 0.931 bits per heavy atom. The van der Waals surface area contributed by atoms with Gasteiger partial charge in [0, 0.05) is 12.6 Å². The standard InChI is InChI=1S/C16H12N.C9H13.2ClH.Zr/c1-17-15-9-5-4-8-13(15)14-10-11-6-2-3-7-12(11)16(14)17;1-9(2,3)8-6-4-5-7-8;;;/h2-10H,1H3;6-7H,4H2,1-3H3;2*1H;/q2*-1;;;+4/p-2. The molecule has 0 atom stereocenters. The van der Waals surface area contributed by atoms with Crippen molar-refractivity contribution in [3.05, 3.63) is 78.4 Å². The van der Waals surface area contributed by atoms with Gasteiger partial charge < -0.3 is 29.4 Å².